The van der Waals surface area contributed by atoms with Crippen LogP contribution in [0.15, 0.2) is 29.2 Å². The van der Waals surface area contributed by atoms with Gasteiger partial charge in [0.1, 0.15) is 5.25 Å². The number of sulfone groups is 2. The molecule has 1 aromatic carbocycles. The average Bonchev–Trinajstić information content (AvgIpc) is 2.74. The highest BCUT2D eigenvalue weighted by Crippen LogP contribution is 2.26. The lowest BCUT2D eigenvalue weighted by Crippen LogP contribution is -2.47. The second kappa shape index (κ2) is 6.24. The van der Waals surface area contributed by atoms with Crippen LogP contribution in [-0.2, 0) is 24.5 Å². The van der Waals surface area contributed by atoms with Crippen LogP contribution in [0.5, 0.6) is 0 Å². The molecule has 128 valence electrons. The lowest BCUT2D eigenvalue weighted by atomic mass is 10.2. The van der Waals surface area contributed by atoms with Gasteiger partial charge in [0.15, 0.2) is 19.7 Å². The molecule has 8 heteroatoms. The van der Waals surface area contributed by atoms with Crippen molar-refractivity contribution in [3.05, 3.63) is 29.8 Å². The predicted molar refractivity (Wildman–Crippen MR) is 87.6 cm³/mol. The lowest BCUT2D eigenvalue weighted by molar-refractivity contribution is -0.124. The zero-order valence-electron chi connectivity index (χ0n) is 13.3. The SMILES string of the molecule is Cc1ccc(S(=O)(=O)C2CS(=O)(=O)CC2NC(=O)C(C)C)cc1. The summed E-state index contributed by atoms with van der Waals surface area (Å²) in [5.74, 6) is -1.51. The van der Waals surface area contributed by atoms with Crippen LogP contribution in [0.4, 0.5) is 0 Å². The summed E-state index contributed by atoms with van der Waals surface area (Å²) in [6.45, 7) is 5.17. The van der Waals surface area contributed by atoms with E-state index in [1.54, 1.807) is 26.0 Å². The van der Waals surface area contributed by atoms with Crippen LogP contribution in [0, 0.1) is 12.8 Å². The fourth-order valence-electron chi connectivity index (χ4n) is 2.51. The third-order valence-corrected chi connectivity index (χ3v) is 8.07. The quantitative estimate of drug-likeness (QED) is 0.854. The highest BCUT2D eigenvalue weighted by Gasteiger charge is 2.46. The van der Waals surface area contributed by atoms with Gasteiger partial charge in [-0.25, -0.2) is 16.8 Å². The number of benzene rings is 1. The smallest absolute Gasteiger partial charge is 0.222 e. The van der Waals surface area contributed by atoms with Crippen molar-refractivity contribution in [2.24, 2.45) is 5.92 Å². The van der Waals surface area contributed by atoms with Gasteiger partial charge in [-0.2, -0.15) is 0 Å². The Kier molecular flexibility index (Phi) is 4.86. The molecular formula is C15H21NO5S2. The van der Waals surface area contributed by atoms with Crippen molar-refractivity contribution in [3.63, 3.8) is 0 Å². The third-order valence-electron chi connectivity index (χ3n) is 3.90. The summed E-state index contributed by atoms with van der Waals surface area (Å²) < 4.78 is 49.4. The van der Waals surface area contributed by atoms with Crippen molar-refractivity contribution in [1.29, 1.82) is 0 Å². The molecule has 1 N–H and O–H groups in total. The summed E-state index contributed by atoms with van der Waals surface area (Å²) in [7, 11) is -7.35. The minimum Gasteiger partial charge on any atom is -0.351 e. The van der Waals surface area contributed by atoms with Crippen LogP contribution < -0.4 is 5.32 Å². The van der Waals surface area contributed by atoms with Crippen molar-refractivity contribution in [3.8, 4) is 0 Å². The molecule has 0 spiro atoms. The Balaban J connectivity index is 2.37. The van der Waals surface area contributed by atoms with E-state index in [9.17, 15) is 21.6 Å². The van der Waals surface area contributed by atoms with E-state index in [1.807, 2.05) is 6.92 Å². The maximum atomic E-state index is 12.8. The Morgan fingerprint density at radius 2 is 1.74 bits per heavy atom. The molecule has 0 bridgehead atoms. The molecule has 23 heavy (non-hydrogen) atoms. The molecule has 0 saturated carbocycles. The van der Waals surface area contributed by atoms with Crippen molar-refractivity contribution < 1.29 is 21.6 Å². The summed E-state index contributed by atoms with van der Waals surface area (Å²) in [4.78, 5) is 11.9. The minimum absolute atomic E-state index is 0.0778. The number of hydrogen-bond donors (Lipinski definition) is 1. The molecule has 1 aliphatic heterocycles. The van der Waals surface area contributed by atoms with Crippen LogP contribution in [0.2, 0.25) is 0 Å². The average molecular weight is 359 g/mol. The number of nitrogens with one attached hydrogen (secondary N) is 1. The molecule has 0 radical (unpaired) electrons. The Labute approximate surface area is 137 Å². The summed E-state index contributed by atoms with van der Waals surface area (Å²) in [6.07, 6.45) is 0. The number of carbonyl (C=O) groups is 1. The van der Waals surface area contributed by atoms with E-state index in [0.717, 1.165) is 5.56 Å². The van der Waals surface area contributed by atoms with Gasteiger partial charge in [0.25, 0.3) is 0 Å². The van der Waals surface area contributed by atoms with E-state index in [1.165, 1.54) is 12.1 Å². The lowest BCUT2D eigenvalue weighted by Gasteiger charge is -2.21. The van der Waals surface area contributed by atoms with Crippen LogP contribution in [0.3, 0.4) is 0 Å². The molecular weight excluding hydrogens is 338 g/mol. The van der Waals surface area contributed by atoms with Crippen molar-refractivity contribution in [1.82, 2.24) is 5.32 Å². The predicted octanol–water partition coefficient (Wildman–Crippen LogP) is 0.707. The maximum absolute atomic E-state index is 12.8. The van der Waals surface area contributed by atoms with Gasteiger partial charge in [0, 0.05) is 5.92 Å². The second-order valence-corrected chi connectivity index (χ2v) is 10.6. The van der Waals surface area contributed by atoms with Gasteiger partial charge < -0.3 is 5.32 Å². The van der Waals surface area contributed by atoms with Gasteiger partial charge in [0.05, 0.1) is 22.4 Å². The van der Waals surface area contributed by atoms with Crippen molar-refractivity contribution in [2.45, 2.75) is 37.0 Å². The number of aryl methyl sites for hydroxylation is 1. The topological polar surface area (TPSA) is 97.4 Å². The Bertz CT molecular complexity index is 795. The highest BCUT2D eigenvalue weighted by molar-refractivity contribution is 7.96. The van der Waals surface area contributed by atoms with Crippen LogP contribution in [0.1, 0.15) is 19.4 Å². The Hall–Kier alpha value is -1.41. The van der Waals surface area contributed by atoms with E-state index in [2.05, 4.69) is 5.32 Å². The van der Waals surface area contributed by atoms with E-state index < -0.39 is 36.7 Å². The molecule has 1 amide bonds. The normalized spacial score (nSPS) is 23.8. The second-order valence-electron chi connectivity index (χ2n) is 6.24. The van der Waals surface area contributed by atoms with Gasteiger partial charge in [0.2, 0.25) is 5.91 Å². The summed E-state index contributed by atoms with van der Waals surface area (Å²) in [5, 5.41) is 1.42. The maximum Gasteiger partial charge on any atom is 0.222 e. The minimum atomic E-state index is -3.84. The van der Waals surface area contributed by atoms with E-state index in [-0.39, 0.29) is 22.5 Å². The standard InChI is InChI=1S/C15H21NO5S2/c1-10(2)15(17)16-13-8-22(18,19)9-14(13)23(20,21)12-6-4-11(3)5-7-12/h4-7,10,13-14H,8-9H2,1-3H3,(H,16,17). The number of amides is 1. The van der Waals surface area contributed by atoms with Gasteiger partial charge in [-0.1, -0.05) is 31.5 Å². The summed E-state index contributed by atoms with van der Waals surface area (Å²) >= 11 is 0. The fraction of sp³-hybridized carbons (Fsp3) is 0.533. The van der Waals surface area contributed by atoms with Crippen molar-refractivity contribution >= 4 is 25.6 Å². The van der Waals surface area contributed by atoms with E-state index in [0.29, 0.717) is 0 Å². The largest absolute Gasteiger partial charge is 0.351 e. The molecule has 2 rings (SSSR count). The summed E-state index contributed by atoms with van der Waals surface area (Å²) in [5.41, 5.74) is 0.910. The van der Waals surface area contributed by atoms with Gasteiger partial charge in [-0.3, -0.25) is 4.79 Å². The third kappa shape index (κ3) is 3.92. The first-order chi connectivity index (χ1) is 10.5. The first-order valence-corrected chi connectivity index (χ1v) is 10.7. The highest BCUT2D eigenvalue weighted by atomic mass is 32.2. The van der Waals surface area contributed by atoms with Crippen LogP contribution in [-0.4, -0.2) is 45.5 Å². The van der Waals surface area contributed by atoms with E-state index in [4.69, 9.17) is 0 Å². The molecule has 0 aromatic heterocycles. The first-order valence-electron chi connectivity index (χ1n) is 7.34. The zero-order chi connectivity index (χ0) is 17.4. The van der Waals surface area contributed by atoms with Crippen molar-refractivity contribution in [2.75, 3.05) is 11.5 Å². The monoisotopic (exact) mass is 359 g/mol. The molecule has 2 atom stereocenters. The number of hydrogen-bond acceptors (Lipinski definition) is 5. The van der Waals surface area contributed by atoms with Gasteiger partial charge >= 0.3 is 0 Å². The summed E-state index contributed by atoms with van der Waals surface area (Å²) in [6, 6.07) is 5.35. The first kappa shape index (κ1) is 17.9. The number of carbonyl (C=O) groups excluding carboxylic acids is 1. The molecule has 1 fully saturated rings. The fourth-order valence-corrected chi connectivity index (χ4v) is 7.16. The van der Waals surface area contributed by atoms with Crippen LogP contribution in [0.25, 0.3) is 0 Å². The van der Waals surface area contributed by atoms with Gasteiger partial charge in [-0.15, -0.1) is 0 Å². The number of rotatable bonds is 4. The molecule has 1 heterocycles. The Morgan fingerprint density at radius 3 is 2.26 bits per heavy atom. The van der Waals surface area contributed by atoms with Crippen LogP contribution >= 0.6 is 0 Å². The molecule has 0 aliphatic carbocycles. The van der Waals surface area contributed by atoms with E-state index >= 15 is 0 Å². The zero-order valence-corrected chi connectivity index (χ0v) is 14.9. The molecule has 2 unspecified atom stereocenters. The Morgan fingerprint density at radius 1 is 1.17 bits per heavy atom. The molecule has 6 nitrogen and oxygen atoms in total. The molecule has 1 aromatic rings. The molecule has 1 aliphatic rings. The molecule has 1 saturated heterocycles. The van der Waals surface area contributed by atoms with Gasteiger partial charge in [-0.05, 0) is 19.1 Å².